The fourth-order valence-electron chi connectivity index (χ4n) is 8.27. The van der Waals surface area contributed by atoms with E-state index in [1.807, 2.05) is 0 Å². The topological polar surface area (TPSA) is 72.8 Å². The van der Waals surface area contributed by atoms with Crippen LogP contribution in [0.1, 0.15) is 284 Å². The van der Waals surface area contributed by atoms with Crippen LogP contribution in [0.2, 0.25) is 0 Å². The lowest BCUT2D eigenvalue weighted by Crippen LogP contribution is -2.28. The summed E-state index contributed by atoms with van der Waals surface area (Å²) >= 11 is 0. The first kappa shape index (κ1) is 63.3. The van der Waals surface area contributed by atoms with Gasteiger partial charge in [-0.15, -0.1) is 0 Å². The molecule has 1 unspecified atom stereocenters. The second kappa shape index (κ2) is 56.7. The standard InChI is InChI=1S/C61H108O5/c1-3-5-7-9-11-13-15-17-19-21-22-23-24-25-26-27-28-29-30-31-32-33-34-35-36-37-38-40-42-44-46-48-50-52-54-56-61(64)66-59(57-62)58-65-60(63)55-53-51-49-47-45-43-41-39-20-18-16-14-12-10-8-6-4-2/h5,7,11,13,17,19,22-23,25-26,28-29,59,62H,3-4,6,8-10,12,14-16,18,20-21,24,27,30-58H2,1-2H3/b7-5-,13-11-,19-17-,23-22-,26-25-,29-28-. The molecule has 0 aromatic rings. The van der Waals surface area contributed by atoms with E-state index in [0.717, 1.165) is 77.0 Å². The van der Waals surface area contributed by atoms with Crippen molar-refractivity contribution in [3.8, 4) is 0 Å². The molecule has 0 heterocycles. The zero-order chi connectivity index (χ0) is 47.7. The first-order valence-corrected chi connectivity index (χ1v) is 28.5. The molecule has 0 aromatic carbocycles. The summed E-state index contributed by atoms with van der Waals surface area (Å²) in [6, 6.07) is 0. The molecule has 0 fully saturated rings. The van der Waals surface area contributed by atoms with Gasteiger partial charge in [0.1, 0.15) is 6.61 Å². The number of aliphatic hydroxyl groups is 1. The number of rotatable bonds is 52. The van der Waals surface area contributed by atoms with E-state index in [2.05, 4.69) is 86.8 Å². The first-order valence-electron chi connectivity index (χ1n) is 28.5. The summed E-state index contributed by atoms with van der Waals surface area (Å²) in [6.45, 7) is 4.06. The molecule has 0 aliphatic carbocycles. The quantitative estimate of drug-likeness (QED) is 0.0374. The van der Waals surface area contributed by atoms with Crippen LogP contribution in [0.25, 0.3) is 0 Å². The average molecular weight is 922 g/mol. The van der Waals surface area contributed by atoms with E-state index in [-0.39, 0.29) is 25.2 Å². The molecule has 382 valence electrons. The Labute approximate surface area is 410 Å². The molecular formula is C61H108O5. The second-order valence-electron chi connectivity index (χ2n) is 19.0. The van der Waals surface area contributed by atoms with Gasteiger partial charge in [0.05, 0.1) is 6.61 Å². The number of ether oxygens (including phenoxy) is 2. The number of hydrogen-bond donors (Lipinski definition) is 1. The first-order chi connectivity index (χ1) is 32.6. The van der Waals surface area contributed by atoms with Crippen molar-refractivity contribution in [2.45, 2.75) is 290 Å². The van der Waals surface area contributed by atoms with Crippen molar-refractivity contribution in [1.29, 1.82) is 0 Å². The highest BCUT2D eigenvalue weighted by molar-refractivity contribution is 5.70. The molecule has 0 rings (SSSR count). The van der Waals surface area contributed by atoms with E-state index in [1.54, 1.807) is 0 Å². The summed E-state index contributed by atoms with van der Waals surface area (Å²) in [5.74, 6) is -0.578. The Hall–Kier alpha value is -2.66. The molecule has 0 radical (unpaired) electrons. The van der Waals surface area contributed by atoms with Gasteiger partial charge in [0, 0.05) is 12.8 Å². The third-order valence-corrected chi connectivity index (χ3v) is 12.5. The van der Waals surface area contributed by atoms with E-state index in [1.165, 1.54) is 180 Å². The second-order valence-corrected chi connectivity index (χ2v) is 19.0. The molecule has 5 heteroatoms. The molecule has 0 saturated heterocycles. The van der Waals surface area contributed by atoms with Gasteiger partial charge in [-0.2, -0.15) is 0 Å². The molecule has 0 spiro atoms. The number of carbonyl (C=O) groups excluding carboxylic acids is 2. The zero-order valence-corrected chi connectivity index (χ0v) is 43.7. The van der Waals surface area contributed by atoms with Crippen molar-refractivity contribution < 1.29 is 24.2 Å². The number of unbranched alkanes of at least 4 members (excludes halogenated alkanes) is 32. The molecule has 0 aromatic heterocycles. The summed E-state index contributed by atoms with van der Waals surface area (Å²) in [7, 11) is 0. The van der Waals surface area contributed by atoms with Crippen LogP contribution in [-0.2, 0) is 19.1 Å². The molecule has 0 aliphatic heterocycles. The number of hydrogen-bond acceptors (Lipinski definition) is 5. The van der Waals surface area contributed by atoms with Gasteiger partial charge in [-0.25, -0.2) is 0 Å². The van der Waals surface area contributed by atoms with Gasteiger partial charge < -0.3 is 14.6 Å². The van der Waals surface area contributed by atoms with E-state index in [9.17, 15) is 14.7 Å². The van der Waals surface area contributed by atoms with Gasteiger partial charge in [0.25, 0.3) is 0 Å². The van der Waals surface area contributed by atoms with Crippen molar-refractivity contribution in [3.63, 3.8) is 0 Å². The van der Waals surface area contributed by atoms with Crippen LogP contribution >= 0.6 is 0 Å². The van der Waals surface area contributed by atoms with Gasteiger partial charge in [-0.1, -0.05) is 279 Å². The summed E-state index contributed by atoms with van der Waals surface area (Å²) in [5, 5.41) is 9.64. The van der Waals surface area contributed by atoms with Crippen LogP contribution in [0.5, 0.6) is 0 Å². The van der Waals surface area contributed by atoms with E-state index >= 15 is 0 Å². The minimum atomic E-state index is -0.771. The molecule has 5 nitrogen and oxygen atoms in total. The maximum atomic E-state index is 12.3. The highest BCUT2D eigenvalue weighted by Crippen LogP contribution is 2.17. The Balaban J connectivity index is 3.46. The number of carbonyl (C=O) groups is 2. The van der Waals surface area contributed by atoms with Crippen LogP contribution in [0, 0.1) is 0 Å². The van der Waals surface area contributed by atoms with Crippen molar-refractivity contribution in [2.75, 3.05) is 13.2 Å². The largest absolute Gasteiger partial charge is 0.462 e. The van der Waals surface area contributed by atoms with Crippen molar-refractivity contribution in [3.05, 3.63) is 72.9 Å². The Bertz CT molecular complexity index is 1180. The lowest BCUT2D eigenvalue weighted by molar-refractivity contribution is -0.161. The van der Waals surface area contributed by atoms with Crippen LogP contribution in [-0.4, -0.2) is 36.4 Å². The zero-order valence-electron chi connectivity index (χ0n) is 43.7. The van der Waals surface area contributed by atoms with E-state index < -0.39 is 6.10 Å². The SMILES string of the molecule is CC/C=C\C/C=C\C/C=C\C/C=C\C/C=C\C/C=C\CCCCCCCCCCCCCCCCCCC(=O)OC(CO)COC(=O)CCCCCCCCCCCCCCCCCCC. The number of allylic oxidation sites excluding steroid dienone is 12. The van der Waals surface area contributed by atoms with E-state index in [4.69, 9.17) is 9.47 Å². The summed E-state index contributed by atoms with van der Waals surface area (Å²) < 4.78 is 10.7. The van der Waals surface area contributed by atoms with Gasteiger partial charge in [-0.3, -0.25) is 9.59 Å². The molecule has 0 amide bonds. The number of aliphatic hydroxyl groups excluding tert-OH is 1. The molecule has 1 N–H and O–H groups in total. The predicted octanol–water partition coefficient (Wildman–Crippen LogP) is 19.2. The summed E-state index contributed by atoms with van der Waals surface area (Å²) in [6.07, 6.45) is 77.4. The highest BCUT2D eigenvalue weighted by Gasteiger charge is 2.16. The highest BCUT2D eigenvalue weighted by atomic mass is 16.6. The smallest absolute Gasteiger partial charge is 0.306 e. The Morgan fingerprint density at radius 1 is 0.364 bits per heavy atom. The van der Waals surface area contributed by atoms with Crippen molar-refractivity contribution in [1.82, 2.24) is 0 Å². The third kappa shape index (κ3) is 54.0. The van der Waals surface area contributed by atoms with Crippen LogP contribution in [0.4, 0.5) is 0 Å². The lowest BCUT2D eigenvalue weighted by atomic mass is 10.0. The fourth-order valence-corrected chi connectivity index (χ4v) is 8.27. The average Bonchev–Trinajstić information content (AvgIpc) is 3.32. The van der Waals surface area contributed by atoms with Crippen molar-refractivity contribution >= 4 is 11.9 Å². The fraction of sp³-hybridized carbons (Fsp3) is 0.770. The van der Waals surface area contributed by atoms with Gasteiger partial charge in [0.2, 0.25) is 0 Å². The maximum absolute atomic E-state index is 12.3. The monoisotopic (exact) mass is 921 g/mol. The minimum Gasteiger partial charge on any atom is -0.462 e. The predicted molar refractivity (Wildman–Crippen MR) is 288 cm³/mol. The lowest BCUT2D eigenvalue weighted by Gasteiger charge is -2.15. The summed E-state index contributed by atoms with van der Waals surface area (Å²) in [4.78, 5) is 24.5. The molecule has 0 bridgehead atoms. The maximum Gasteiger partial charge on any atom is 0.306 e. The Morgan fingerprint density at radius 3 is 0.985 bits per heavy atom. The van der Waals surface area contributed by atoms with Crippen LogP contribution < -0.4 is 0 Å². The molecule has 0 aliphatic rings. The molecule has 66 heavy (non-hydrogen) atoms. The number of esters is 2. The Kier molecular flexibility index (Phi) is 54.4. The van der Waals surface area contributed by atoms with Crippen LogP contribution in [0.3, 0.4) is 0 Å². The molecule has 0 saturated carbocycles. The molecular weight excluding hydrogens is 813 g/mol. The molecule has 1 atom stereocenters. The van der Waals surface area contributed by atoms with E-state index in [0.29, 0.717) is 12.8 Å². The van der Waals surface area contributed by atoms with Gasteiger partial charge >= 0.3 is 11.9 Å². The van der Waals surface area contributed by atoms with Gasteiger partial charge in [0.15, 0.2) is 6.10 Å². The minimum absolute atomic E-state index is 0.0626. The van der Waals surface area contributed by atoms with Crippen LogP contribution in [0.15, 0.2) is 72.9 Å². The third-order valence-electron chi connectivity index (χ3n) is 12.5. The van der Waals surface area contributed by atoms with Crippen molar-refractivity contribution in [2.24, 2.45) is 0 Å². The summed E-state index contributed by atoms with van der Waals surface area (Å²) in [5.41, 5.74) is 0. The Morgan fingerprint density at radius 2 is 0.652 bits per heavy atom. The normalized spacial score (nSPS) is 12.7. The van der Waals surface area contributed by atoms with Gasteiger partial charge in [-0.05, 0) is 64.2 Å².